The van der Waals surface area contributed by atoms with Gasteiger partial charge in [0.05, 0.1) is 12.0 Å². The molecule has 19 heavy (non-hydrogen) atoms. The molecule has 3 aliphatic rings. The highest BCUT2D eigenvalue weighted by Gasteiger charge is 2.38. The number of hydrogen-bond donors (Lipinski definition) is 0. The van der Waals surface area contributed by atoms with E-state index in [0.717, 1.165) is 18.5 Å². The van der Waals surface area contributed by atoms with Gasteiger partial charge in [0.2, 0.25) is 0 Å². The minimum Gasteiger partial charge on any atom is -0.299 e. The number of likely N-dealkylation sites (N-methyl/N-ethyl adjacent to an activating group) is 1. The topological polar surface area (TPSA) is 30.3 Å². The third kappa shape index (κ3) is 2.66. The van der Waals surface area contributed by atoms with Crippen molar-refractivity contribution in [2.75, 3.05) is 20.1 Å². The monoisotopic (exact) mass is 261 g/mol. The van der Waals surface area contributed by atoms with E-state index in [1.54, 1.807) is 0 Å². The van der Waals surface area contributed by atoms with Gasteiger partial charge in [-0.05, 0) is 39.2 Å². The standard InChI is InChI=1S/C16H27N3/c1-18-14-7-8-15(18)12-19(10-9-14)16-6-4-2-3-5-13(16)11-17/h13-16H,2-10,12H2,1H3. The second-order valence-electron chi connectivity index (χ2n) is 6.78. The molecule has 3 nitrogen and oxygen atoms in total. The Bertz CT molecular complexity index is 348. The van der Waals surface area contributed by atoms with E-state index in [0.29, 0.717) is 6.04 Å². The normalized spacial score (nSPS) is 41.5. The van der Waals surface area contributed by atoms with E-state index in [2.05, 4.69) is 22.9 Å². The van der Waals surface area contributed by atoms with Crippen molar-refractivity contribution in [2.24, 2.45) is 5.92 Å². The van der Waals surface area contributed by atoms with Gasteiger partial charge in [-0.2, -0.15) is 5.26 Å². The highest BCUT2D eigenvalue weighted by Crippen LogP contribution is 2.33. The van der Waals surface area contributed by atoms with Crippen molar-refractivity contribution in [3.05, 3.63) is 0 Å². The van der Waals surface area contributed by atoms with Crippen LogP contribution in [0.25, 0.3) is 0 Å². The molecule has 0 spiro atoms. The summed E-state index contributed by atoms with van der Waals surface area (Å²) >= 11 is 0. The van der Waals surface area contributed by atoms with Gasteiger partial charge in [-0.25, -0.2) is 0 Å². The van der Waals surface area contributed by atoms with Crippen molar-refractivity contribution in [1.82, 2.24) is 9.80 Å². The summed E-state index contributed by atoms with van der Waals surface area (Å²) in [5.41, 5.74) is 0. The van der Waals surface area contributed by atoms with Crippen molar-refractivity contribution in [2.45, 2.75) is 69.5 Å². The summed E-state index contributed by atoms with van der Waals surface area (Å²) in [5.74, 6) is 0.282. The Morgan fingerprint density at radius 1 is 0.947 bits per heavy atom. The summed E-state index contributed by atoms with van der Waals surface area (Å²) in [4.78, 5) is 5.29. The predicted octanol–water partition coefficient (Wildman–Crippen LogP) is 2.63. The molecule has 2 aliphatic heterocycles. The van der Waals surface area contributed by atoms with Crippen LogP contribution in [-0.4, -0.2) is 48.1 Å². The average Bonchev–Trinajstić information content (AvgIpc) is 2.58. The van der Waals surface area contributed by atoms with E-state index < -0.39 is 0 Å². The largest absolute Gasteiger partial charge is 0.299 e. The summed E-state index contributed by atoms with van der Waals surface area (Å²) in [6.07, 6.45) is 10.3. The summed E-state index contributed by atoms with van der Waals surface area (Å²) < 4.78 is 0. The average molecular weight is 261 g/mol. The smallest absolute Gasteiger partial charge is 0.0672 e. The Hall–Kier alpha value is -0.590. The maximum Gasteiger partial charge on any atom is 0.0672 e. The zero-order chi connectivity index (χ0) is 13.2. The van der Waals surface area contributed by atoms with Crippen molar-refractivity contribution in [3.8, 4) is 6.07 Å². The molecule has 0 radical (unpaired) electrons. The van der Waals surface area contributed by atoms with Gasteiger partial charge in [0.1, 0.15) is 0 Å². The molecule has 1 aliphatic carbocycles. The predicted molar refractivity (Wildman–Crippen MR) is 76.7 cm³/mol. The molecule has 2 saturated heterocycles. The van der Waals surface area contributed by atoms with Crippen LogP contribution in [0.3, 0.4) is 0 Å². The molecule has 1 saturated carbocycles. The second-order valence-corrected chi connectivity index (χ2v) is 6.78. The Balaban J connectivity index is 1.72. The SMILES string of the molecule is CN1C2CCC1CN(C1CCCCCC1C#N)CC2. The van der Waals surface area contributed by atoms with E-state index in [-0.39, 0.29) is 5.92 Å². The molecule has 3 rings (SSSR count). The Morgan fingerprint density at radius 3 is 2.58 bits per heavy atom. The first kappa shape index (κ1) is 13.4. The molecule has 3 fully saturated rings. The van der Waals surface area contributed by atoms with Gasteiger partial charge in [-0.1, -0.05) is 19.3 Å². The number of nitriles is 1. The summed E-state index contributed by atoms with van der Waals surface area (Å²) in [7, 11) is 2.31. The minimum atomic E-state index is 0.282. The fourth-order valence-electron chi connectivity index (χ4n) is 4.51. The molecule has 106 valence electrons. The second kappa shape index (κ2) is 5.81. The first-order valence-corrected chi connectivity index (χ1v) is 8.15. The van der Waals surface area contributed by atoms with Crippen LogP contribution >= 0.6 is 0 Å². The Kier molecular flexibility index (Phi) is 4.10. The molecule has 3 heteroatoms. The molecule has 0 N–H and O–H groups in total. The van der Waals surface area contributed by atoms with Gasteiger partial charge >= 0.3 is 0 Å². The minimum absolute atomic E-state index is 0.282. The number of fused-ring (bicyclic) bond motifs is 2. The van der Waals surface area contributed by atoms with Crippen LogP contribution in [-0.2, 0) is 0 Å². The molecule has 2 heterocycles. The van der Waals surface area contributed by atoms with Crippen LogP contribution in [0.4, 0.5) is 0 Å². The van der Waals surface area contributed by atoms with Gasteiger partial charge in [-0.15, -0.1) is 0 Å². The van der Waals surface area contributed by atoms with Crippen LogP contribution in [0.5, 0.6) is 0 Å². The third-order valence-electron chi connectivity index (χ3n) is 5.79. The van der Waals surface area contributed by atoms with E-state index in [4.69, 9.17) is 0 Å². The lowest BCUT2D eigenvalue weighted by Gasteiger charge is -2.35. The maximum atomic E-state index is 9.48. The number of hydrogen-bond acceptors (Lipinski definition) is 3. The molecule has 0 aromatic rings. The van der Waals surface area contributed by atoms with Crippen molar-refractivity contribution in [3.63, 3.8) is 0 Å². The highest BCUT2D eigenvalue weighted by molar-refractivity contribution is 4.98. The zero-order valence-corrected chi connectivity index (χ0v) is 12.2. The third-order valence-corrected chi connectivity index (χ3v) is 5.79. The summed E-state index contributed by atoms with van der Waals surface area (Å²) in [5, 5.41) is 9.48. The Morgan fingerprint density at radius 2 is 1.74 bits per heavy atom. The molecular weight excluding hydrogens is 234 g/mol. The molecule has 0 amide bonds. The quantitative estimate of drug-likeness (QED) is 0.680. The van der Waals surface area contributed by atoms with Gasteiger partial charge in [0.15, 0.2) is 0 Å². The lowest BCUT2D eigenvalue weighted by atomic mass is 9.93. The number of rotatable bonds is 1. The van der Waals surface area contributed by atoms with Gasteiger partial charge < -0.3 is 0 Å². The van der Waals surface area contributed by atoms with Crippen LogP contribution in [0.1, 0.15) is 51.4 Å². The molecule has 4 atom stereocenters. The molecule has 0 aromatic carbocycles. The van der Waals surface area contributed by atoms with Gasteiger partial charge in [-0.3, -0.25) is 9.80 Å². The van der Waals surface area contributed by atoms with Crippen LogP contribution in [0, 0.1) is 17.2 Å². The Labute approximate surface area is 117 Å². The number of likely N-dealkylation sites (tertiary alicyclic amines) is 1. The highest BCUT2D eigenvalue weighted by atomic mass is 15.3. The summed E-state index contributed by atoms with van der Waals surface area (Å²) in [6, 6.07) is 4.71. The molecular formula is C16H27N3. The fraction of sp³-hybridized carbons (Fsp3) is 0.938. The van der Waals surface area contributed by atoms with E-state index in [1.165, 1.54) is 58.0 Å². The van der Waals surface area contributed by atoms with Crippen molar-refractivity contribution >= 4 is 0 Å². The maximum absolute atomic E-state index is 9.48. The zero-order valence-electron chi connectivity index (χ0n) is 12.2. The van der Waals surface area contributed by atoms with E-state index >= 15 is 0 Å². The van der Waals surface area contributed by atoms with Gasteiger partial charge in [0, 0.05) is 31.2 Å². The molecule has 0 aromatic heterocycles. The van der Waals surface area contributed by atoms with E-state index in [1.807, 2.05) is 0 Å². The van der Waals surface area contributed by atoms with Crippen LogP contribution < -0.4 is 0 Å². The van der Waals surface area contributed by atoms with Crippen LogP contribution in [0.2, 0.25) is 0 Å². The molecule has 2 bridgehead atoms. The summed E-state index contributed by atoms with van der Waals surface area (Å²) in [6.45, 7) is 2.42. The molecule has 4 unspecified atom stereocenters. The number of nitrogens with zero attached hydrogens (tertiary/aromatic N) is 3. The van der Waals surface area contributed by atoms with Crippen LogP contribution in [0.15, 0.2) is 0 Å². The lowest BCUT2D eigenvalue weighted by Crippen LogP contribution is -2.45. The van der Waals surface area contributed by atoms with Crippen molar-refractivity contribution in [1.29, 1.82) is 5.26 Å². The fourth-order valence-corrected chi connectivity index (χ4v) is 4.51. The van der Waals surface area contributed by atoms with Crippen molar-refractivity contribution < 1.29 is 0 Å². The first-order chi connectivity index (χ1) is 9.29. The first-order valence-electron chi connectivity index (χ1n) is 8.15. The lowest BCUT2D eigenvalue weighted by molar-refractivity contribution is 0.137. The van der Waals surface area contributed by atoms with Gasteiger partial charge in [0.25, 0.3) is 0 Å². The van der Waals surface area contributed by atoms with E-state index in [9.17, 15) is 5.26 Å².